The molecule has 1 atom stereocenters. The summed E-state index contributed by atoms with van der Waals surface area (Å²) in [6.07, 6.45) is 6.02. The van der Waals surface area contributed by atoms with Crippen molar-refractivity contribution < 1.29 is 4.79 Å². The van der Waals surface area contributed by atoms with Gasteiger partial charge in [-0.25, -0.2) is 0 Å². The zero-order chi connectivity index (χ0) is 6.69. The maximum Gasteiger partial charge on any atom is 0.145 e. The van der Waals surface area contributed by atoms with E-state index >= 15 is 0 Å². The zero-order valence-electron chi connectivity index (χ0n) is 5.14. The summed E-state index contributed by atoms with van der Waals surface area (Å²) in [5.41, 5.74) is 0.964. The van der Waals surface area contributed by atoms with Crippen LogP contribution in [0.2, 0.25) is 0 Å². The third-order valence-corrected chi connectivity index (χ3v) is 2.37. The Morgan fingerprint density at radius 2 is 2.56 bits per heavy atom. The van der Waals surface area contributed by atoms with E-state index in [0.717, 1.165) is 31.1 Å². The van der Waals surface area contributed by atoms with Crippen molar-refractivity contribution in [3.8, 4) is 0 Å². The quantitative estimate of drug-likeness (QED) is 0.455. The summed E-state index contributed by atoms with van der Waals surface area (Å²) in [6.45, 7) is 0. The van der Waals surface area contributed by atoms with Crippen LogP contribution >= 0.6 is 15.9 Å². The Morgan fingerprint density at radius 3 is 3.00 bits per heavy atom. The van der Waals surface area contributed by atoms with Gasteiger partial charge in [-0.2, -0.15) is 0 Å². The van der Waals surface area contributed by atoms with E-state index in [4.69, 9.17) is 0 Å². The van der Waals surface area contributed by atoms with Crippen molar-refractivity contribution in [3.63, 3.8) is 0 Å². The van der Waals surface area contributed by atoms with Crippen LogP contribution in [0.15, 0.2) is 11.6 Å². The number of hydrogen-bond acceptors (Lipinski definition) is 1. The van der Waals surface area contributed by atoms with E-state index in [1.165, 1.54) is 0 Å². The molecule has 50 valence electrons. The van der Waals surface area contributed by atoms with Gasteiger partial charge in [-0.05, 0) is 24.8 Å². The Kier molecular flexibility index (Phi) is 2.46. The monoisotopic (exact) mass is 188 g/mol. The van der Waals surface area contributed by atoms with Crippen LogP contribution in [-0.2, 0) is 4.79 Å². The molecule has 0 aliphatic heterocycles. The second-order valence-corrected chi connectivity index (χ2v) is 3.56. The molecule has 0 aromatic carbocycles. The summed E-state index contributed by atoms with van der Waals surface area (Å²) in [7, 11) is 0. The van der Waals surface area contributed by atoms with Crippen LogP contribution < -0.4 is 0 Å². The molecule has 0 heterocycles. The smallest absolute Gasteiger partial charge is 0.145 e. The minimum atomic E-state index is 0.598. The fraction of sp³-hybridized carbons (Fsp3) is 0.571. The van der Waals surface area contributed by atoms with Gasteiger partial charge in [-0.3, -0.25) is 4.79 Å². The van der Waals surface area contributed by atoms with E-state index < -0.39 is 0 Å². The Balaban J connectivity index is 2.49. The first kappa shape index (κ1) is 7.00. The maximum absolute atomic E-state index is 10.2. The van der Waals surface area contributed by atoms with Crippen molar-refractivity contribution in [1.82, 2.24) is 0 Å². The molecule has 0 saturated carbocycles. The first-order valence-electron chi connectivity index (χ1n) is 3.11. The molecule has 0 spiro atoms. The molecule has 0 N–H and O–H groups in total. The molecular formula is C7H9BrO. The van der Waals surface area contributed by atoms with Gasteiger partial charge in [0.25, 0.3) is 0 Å². The molecule has 0 amide bonds. The van der Waals surface area contributed by atoms with Gasteiger partial charge in [0.2, 0.25) is 0 Å². The first-order valence-corrected chi connectivity index (χ1v) is 4.03. The van der Waals surface area contributed by atoms with Crippen LogP contribution in [0.3, 0.4) is 0 Å². The lowest BCUT2D eigenvalue weighted by atomic mass is 10.0. The van der Waals surface area contributed by atoms with Crippen molar-refractivity contribution in [2.24, 2.45) is 0 Å². The second kappa shape index (κ2) is 3.16. The Hall–Kier alpha value is -0.110. The molecule has 0 bridgehead atoms. The largest absolute Gasteiger partial charge is 0.298 e. The minimum Gasteiger partial charge on any atom is -0.298 e. The summed E-state index contributed by atoms with van der Waals surface area (Å²) < 4.78 is 0. The summed E-state index contributed by atoms with van der Waals surface area (Å²) in [6, 6.07) is 0. The number of carbonyl (C=O) groups is 1. The van der Waals surface area contributed by atoms with Crippen LogP contribution in [0.4, 0.5) is 0 Å². The highest BCUT2D eigenvalue weighted by molar-refractivity contribution is 9.09. The van der Waals surface area contributed by atoms with Gasteiger partial charge in [-0.1, -0.05) is 22.0 Å². The number of aldehydes is 1. The highest BCUT2D eigenvalue weighted by Crippen LogP contribution is 2.21. The lowest BCUT2D eigenvalue weighted by Gasteiger charge is -2.12. The van der Waals surface area contributed by atoms with Gasteiger partial charge in [0.05, 0.1) is 0 Å². The fourth-order valence-electron chi connectivity index (χ4n) is 0.929. The van der Waals surface area contributed by atoms with Crippen molar-refractivity contribution >= 4 is 22.2 Å². The first-order chi connectivity index (χ1) is 4.33. The third kappa shape index (κ3) is 1.94. The van der Waals surface area contributed by atoms with Crippen molar-refractivity contribution in [3.05, 3.63) is 11.6 Å². The van der Waals surface area contributed by atoms with Crippen LogP contribution in [0.1, 0.15) is 19.3 Å². The summed E-state index contributed by atoms with van der Waals surface area (Å²) in [4.78, 5) is 10.8. The molecule has 0 unspecified atom stereocenters. The van der Waals surface area contributed by atoms with E-state index in [0.29, 0.717) is 4.83 Å². The molecule has 1 nitrogen and oxygen atoms in total. The van der Waals surface area contributed by atoms with Gasteiger partial charge in [0, 0.05) is 4.83 Å². The van der Waals surface area contributed by atoms with E-state index in [2.05, 4.69) is 15.9 Å². The molecular weight excluding hydrogens is 180 g/mol. The van der Waals surface area contributed by atoms with Crippen LogP contribution in [0.5, 0.6) is 0 Å². The van der Waals surface area contributed by atoms with Gasteiger partial charge in [-0.15, -0.1) is 0 Å². The molecule has 0 fully saturated rings. The van der Waals surface area contributed by atoms with Crippen molar-refractivity contribution in [2.75, 3.05) is 0 Å². The minimum absolute atomic E-state index is 0.598. The van der Waals surface area contributed by atoms with E-state index in [9.17, 15) is 4.79 Å². The van der Waals surface area contributed by atoms with Gasteiger partial charge in [0.1, 0.15) is 6.29 Å². The number of hydrogen-bond donors (Lipinski definition) is 0. The third-order valence-electron chi connectivity index (χ3n) is 1.53. The standard InChI is InChI=1S/C7H9BrO/c8-7-3-1-6(5-9)2-4-7/h1,5,7H,2-4H2/t7-/m0/s1. The van der Waals surface area contributed by atoms with Gasteiger partial charge in [0.15, 0.2) is 0 Å². The van der Waals surface area contributed by atoms with Crippen LogP contribution in [0, 0.1) is 0 Å². The highest BCUT2D eigenvalue weighted by Gasteiger charge is 2.09. The topological polar surface area (TPSA) is 17.1 Å². The molecule has 9 heavy (non-hydrogen) atoms. The second-order valence-electron chi connectivity index (χ2n) is 2.27. The summed E-state index contributed by atoms with van der Waals surface area (Å²) in [5, 5.41) is 0. The number of alkyl halides is 1. The Bertz CT molecular complexity index is 140. The van der Waals surface area contributed by atoms with E-state index in [1.807, 2.05) is 6.08 Å². The zero-order valence-corrected chi connectivity index (χ0v) is 6.73. The molecule has 0 aromatic rings. The van der Waals surface area contributed by atoms with Gasteiger partial charge >= 0.3 is 0 Å². The summed E-state index contributed by atoms with van der Waals surface area (Å²) >= 11 is 3.48. The Morgan fingerprint density at radius 1 is 1.78 bits per heavy atom. The van der Waals surface area contributed by atoms with E-state index in [-0.39, 0.29) is 0 Å². The SMILES string of the molecule is O=CC1=CC[C@H](Br)CC1. The summed E-state index contributed by atoms with van der Waals surface area (Å²) in [5.74, 6) is 0. The van der Waals surface area contributed by atoms with Crippen LogP contribution in [-0.4, -0.2) is 11.1 Å². The number of rotatable bonds is 1. The number of halogens is 1. The molecule has 0 saturated heterocycles. The van der Waals surface area contributed by atoms with Crippen molar-refractivity contribution in [2.45, 2.75) is 24.1 Å². The van der Waals surface area contributed by atoms with Crippen LogP contribution in [0.25, 0.3) is 0 Å². The maximum atomic E-state index is 10.2. The van der Waals surface area contributed by atoms with Crippen molar-refractivity contribution in [1.29, 1.82) is 0 Å². The normalized spacial score (nSPS) is 27.2. The molecule has 1 rings (SSSR count). The highest BCUT2D eigenvalue weighted by atomic mass is 79.9. The predicted octanol–water partition coefficient (Wildman–Crippen LogP) is 2.06. The number of allylic oxidation sites excluding steroid dienone is 2. The lowest BCUT2D eigenvalue weighted by molar-refractivity contribution is -0.105. The molecule has 0 aromatic heterocycles. The molecule has 1 aliphatic rings. The van der Waals surface area contributed by atoms with Gasteiger partial charge < -0.3 is 0 Å². The van der Waals surface area contributed by atoms with E-state index in [1.54, 1.807) is 0 Å². The number of carbonyl (C=O) groups excluding carboxylic acids is 1. The Labute approximate surface area is 63.3 Å². The lowest BCUT2D eigenvalue weighted by Crippen LogP contribution is -2.03. The average Bonchev–Trinajstić information content (AvgIpc) is 1.90. The average molecular weight is 189 g/mol. The molecule has 0 radical (unpaired) electrons. The molecule has 2 heteroatoms. The fourth-order valence-corrected chi connectivity index (χ4v) is 1.35. The molecule has 1 aliphatic carbocycles. The predicted molar refractivity (Wildman–Crippen MR) is 40.7 cm³/mol.